The number of carbonyl (C=O) groups excluding carboxylic acids is 1. The number of pyridine rings is 1. The molecule has 0 saturated heterocycles. The van der Waals surface area contributed by atoms with Crippen molar-refractivity contribution >= 4 is 34.1 Å². The minimum absolute atomic E-state index is 0.246. The van der Waals surface area contributed by atoms with Crippen molar-refractivity contribution in [3.8, 4) is 22.8 Å². The van der Waals surface area contributed by atoms with Gasteiger partial charge in [0.1, 0.15) is 11.5 Å². The highest BCUT2D eigenvalue weighted by Crippen LogP contribution is 2.29. The zero-order valence-corrected chi connectivity index (χ0v) is 17.2. The lowest BCUT2D eigenvalue weighted by Crippen LogP contribution is -2.13. The van der Waals surface area contributed by atoms with Crippen molar-refractivity contribution in [1.82, 2.24) is 4.98 Å². The van der Waals surface area contributed by atoms with Gasteiger partial charge in [-0.1, -0.05) is 29.8 Å². The third-order valence-corrected chi connectivity index (χ3v) is 5.05. The summed E-state index contributed by atoms with van der Waals surface area (Å²) in [7, 11) is 3.17. The second kappa shape index (κ2) is 8.43. The molecule has 0 aliphatic rings. The van der Waals surface area contributed by atoms with E-state index in [1.54, 1.807) is 38.5 Å². The van der Waals surface area contributed by atoms with E-state index in [2.05, 4.69) is 5.32 Å². The zero-order valence-electron chi connectivity index (χ0n) is 16.5. The molecule has 0 aliphatic carbocycles. The van der Waals surface area contributed by atoms with Crippen LogP contribution in [-0.4, -0.2) is 25.1 Å². The molecule has 0 unspecified atom stereocenters. The van der Waals surface area contributed by atoms with E-state index >= 15 is 0 Å². The molecule has 150 valence electrons. The van der Waals surface area contributed by atoms with Crippen LogP contribution in [-0.2, 0) is 0 Å². The van der Waals surface area contributed by atoms with Crippen LogP contribution in [0.1, 0.15) is 10.4 Å². The van der Waals surface area contributed by atoms with Crippen LogP contribution in [0, 0.1) is 0 Å². The quantitative estimate of drug-likeness (QED) is 0.443. The van der Waals surface area contributed by atoms with Gasteiger partial charge in [-0.05, 0) is 54.6 Å². The summed E-state index contributed by atoms with van der Waals surface area (Å²) in [6.07, 6.45) is 0. The lowest BCUT2D eigenvalue weighted by atomic mass is 10.0. The largest absolute Gasteiger partial charge is 0.497 e. The second-order valence-corrected chi connectivity index (χ2v) is 7.01. The Morgan fingerprint density at radius 2 is 1.70 bits per heavy atom. The van der Waals surface area contributed by atoms with Gasteiger partial charge >= 0.3 is 0 Å². The molecule has 0 aliphatic heterocycles. The Kier molecular flexibility index (Phi) is 5.55. The Morgan fingerprint density at radius 3 is 2.40 bits per heavy atom. The highest BCUT2D eigenvalue weighted by atomic mass is 35.5. The minimum Gasteiger partial charge on any atom is -0.497 e. The lowest BCUT2D eigenvalue weighted by molar-refractivity contribution is 0.102. The third kappa shape index (κ3) is 3.93. The molecule has 0 fully saturated rings. The number of hydrogen-bond acceptors (Lipinski definition) is 4. The monoisotopic (exact) mass is 418 g/mol. The maximum absolute atomic E-state index is 13.1. The van der Waals surface area contributed by atoms with Crippen LogP contribution in [0.5, 0.6) is 11.5 Å². The average Bonchev–Trinajstić information content (AvgIpc) is 2.78. The molecule has 5 nitrogen and oxygen atoms in total. The van der Waals surface area contributed by atoms with E-state index in [1.165, 1.54) is 0 Å². The number of amides is 1. The fourth-order valence-electron chi connectivity index (χ4n) is 3.22. The zero-order chi connectivity index (χ0) is 21.1. The Hall–Kier alpha value is -3.57. The smallest absolute Gasteiger partial charge is 0.256 e. The first-order valence-electron chi connectivity index (χ1n) is 9.28. The van der Waals surface area contributed by atoms with Crippen LogP contribution in [0.2, 0.25) is 5.02 Å². The van der Waals surface area contributed by atoms with Crippen molar-refractivity contribution < 1.29 is 14.3 Å². The fourth-order valence-corrected chi connectivity index (χ4v) is 3.47. The number of aromatic nitrogens is 1. The molecule has 6 heteroatoms. The van der Waals surface area contributed by atoms with E-state index in [9.17, 15) is 4.79 Å². The first-order chi connectivity index (χ1) is 14.6. The molecule has 3 aromatic carbocycles. The molecule has 1 amide bonds. The van der Waals surface area contributed by atoms with Gasteiger partial charge in [-0.15, -0.1) is 0 Å². The number of para-hydroxylation sites is 1. The summed E-state index contributed by atoms with van der Waals surface area (Å²) >= 11 is 6.19. The van der Waals surface area contributed by atoms with Crippen LogP contribution in [0.4, 0.5) is 5.69 Å². The van der Waals surface area contributed by atoms with Gasteiger partial charge in [0.15, 0.2) is 0 Å². The van der Waals surface area contributed by atoms with Gasteiger partial charge in [0.05, 0.1) is 36.0 Å². The molecule has 4 rings (SSSR count). The first-order valence-corrected chi connectivity index (χ1v) is 9.66. The van der Waals surface area contributed by atoms with Crippen LogP contribution in [0.3, 0.4) is 0 Å². The summed E-state index contributed by atoms with van der Waals surface area (Å²) in [6.45, 7) is 0. The van der Waals surface area contributed by atoms with Crippen LogP contribution in [0.25, 0.3) is 22.2 Å². The minimum atomic E-state index is -0.246. The van der Waals surface area contributed by atoms with E-state index in [0.717, 1.165) is 22.2 Å². The Morgan fingerprint density at radius 1 is 0.933 bits per heavy atom. The van der Waals surface area contributed by atoms with Crippen molar-refractivity contribution in [3.05, 3.63) is 83.4 Å². The molecule has 1 N–H and O–H groups in total. The van der Waals surface area contributed by atoms with E-state index in [4.69, 9.17) is 26.1 Å². The number of ether oxygens (including phenoxy) is 2. The van der Waals surface area contributed by atoms with Crippen molar-refractivity contribution in [1.29, 1.82) is 0 Å². The molecule has 30 heavy (non-hydrogen) atoms. The maximum atomic E-state index is 13.1. The average molecular weight is 419 g/mol. The number of hydrogen-bond donors (Lipinski definition) is 1. The van der Waals surface area contributed by atoms with E-state index in [1.807, 2.05) is 48.5 Å². The van der Waals surface area contributed by atoms with Crippen LogP contribution < -0.4 is 14.8 Å². The van der Waals surface area contributed by atoms with E-state index in [-0.39, 0.29) is 5.91 Å². The van der Waals surface area contributed by atoms with Crippen LogP contribution in [0.15, 0.2) is 72.8 Å². The first kappa shape index (κ1) is 19.7. The highest BCUT2D eigenvalue weighted by Gasteiger charge is 2.15. The number of anilines is 1. The van der Waals surface area contributed by atoms with Crippen molar-refractivity contribution in [3.63, 3.8) is 0 Å². The van der Waals surface area contributed by atoms with E-state index < -0.39 is 0 Å². The number of fused-ring (bicyclic) bond motifs is 1. The second-order valence-electron chi connectivity index (χ2n) is 6.60. The van der Waals surface area contributed by atoms with Crippen LogP contribution >= 0.6 is 11.6 Å². The fraction of sp³-hybridized carbons (Fsp3) is 0.0833. The van der Waals surface area contributed by atoms with Gasteiger partial charge in [-0.25, -0.2) is 4.98 Å². The molecule has 1 aromatic heterocycles. The summed E-state index contributed by atoms with van der Waals surface area (Å²) in [5.74, 6) is 1.06. The summed E-state index contributed by atoms with van der Waals surface area (Å²) in [5.41, 5.74) is 3.44. The molecular weight excluding hydrogens is 400 g/mol. The van der Waals surface area contributed by atoms with Gasteiger partial charge in [-0.2, -0.15) is 0 Å². The molecule has 4 aromatic rings. The number of benzene rings is 3. The van der Waals surface area contributed by atoms with E-state index in [0.29, 0.717) is 27.7 Å². The SMILES string of the molecule is COc1ccc(-c2cc(C(=O)Nc3ccc(OC)c(Cl)c3)c3ccccc3n2)cc1. The van der Waals surface area contributed by atoms with Crippen molar-refractivity contribution in [2.24, 2.45) is 0 Å². The number of halogens is 1. The highest BCUT2D eigenvalue weighted by molar-refractivity contribution is 6.32. The van der Waals surface area contributed by atoms with Crippen molar-refractivity contribution in [2.75, 3.05) is 19.5 Å². The lowest BCUT2D eigenvalue weighted by Gasteiger charge is -2.12. The summed E-state index contributed by atoms with van der Waals surface area (Å²) in [6, 6.07) is 22.0. The normalized spacial score (nSPS) is 10.6. The third-order valence-electron chi connectivity index (χ3n) is 4.76. The van der Waals surface area contributed by atoms with Gasteiger partial charge in [0.25, 0.3) is 5.91 Å². The summed E-state index contributed by atoms with van der Waals surface area (Å²) in [5, 5.41) is 4.11. The number of methoxy groups -OCH3 is 2. The predicted molar refractivity (Wildman–Crippen MR) is 120 cm³/mol. The van der Waals surface area contributed by atoms with Gasteiger partial charge < -0.3 is 14.8 Å². The molecule has 0 atom stereocenters. The van der Waals surface area contributed by atoms with Gasteiger partial charge in [0.2, 0.25) is 0 Å². The molecular formula is C24H19ClN2O3. The van der Waals surface area contributed by atoms with Gasteiger partial charge in [0, 0.05) is 16.6 Å². The Bertz CT molecular complexity index is 1220. The van der Waals surface area contributed by atoms with Crippen molar-refractivity contribution in [2.45, 2.75) is 0 Å². The molecule has 1 heterocycles. The number of rotatable bonds is 5. The Balaban J connectivity index is 1.74. The molecule has 0 bridgehead atoms. The molecule has 0 spiro atoms. The molecule has 0 saturated carbocycles. The number of nitrogens with one attached hydrogen (secondary N) is 1. The standard InChI is InChI=1S/C24H19ClN2O3/c1-29-17-10-7-15(8-11-17)22-14-19(18-5-3-4-6-21(18)27-22)24(28)26-16-9-12-23(30-2)20(25)13-16/h3-14H,1-2H3,(H,26,28). The summed E-state index contributed by atoms with van der Waals surface area (Å²) in [4.78, 5) is 17.9. The number of carbonyl (C=O) groups is 1. The van der Waals surface area contributed by atoms with Gasteiger partial charge in [-0.3, -0.25) is 4.79 Å². The topological polar surface area (TPSA) is 60.5 Å². The Labute approximate surface area is 179 Å². The maximum Gasteiger partial charge on any atom is 0.256 e. The summed E-state index contributed by atoms with van der Waals surface area (Å²) < 4.78 is 10.4. The predicted octanol–water partition coefficient (Wildman–Crippen LogP) is 5.82. The molecule has 0 radical (unpaired) electrons. The number of nitrogens with zero attached hydrogens (tertiary/aromatic N) is 1.